The SMILES string of the molecule is Cc1ccnc(C#CCN2CCCC2=O)c1. The summed E-state index contributed by atoms with van der Waals surface area (Å²) < 4.78 is 0. The molecule has 0 bridgehead atoms. The molecule has 3 heteroatoms. The molecule has 1 aromatic heterocycles. The minimum Gasteiger partial charge on any atom is -0.332 e. The third-order valence-electron chi connectivity index (χ3n) is 2.57. The lowest BCUT2D eigenvalue weighted by Crippen LogP contribution is -2.24. The van der Waals surface area contributed by atoms with Crippen molar-refractivity contribution in [1.82, 2.24) is 9.88 Å². The van der Waals surface area contributed by atoms with Crippen LogP contribution in [0.1, 0.15) is 24.1 Å². The van der Waals surface area contributed by atoms with E-state index in [1.54, 1.807) is 11.1 Å². The van der Waals surface area contributed by atoms with Crippen LogP contribution in [0.5, 0.6) is 0 Å². The number of nitrogens with zero attached hydrogens (tertiary/aromatic N) is 2. The molecule has 1 saturated heterocycles. The van der Waals surface area contributed by atoms with Crippen molar-refractivity contribution in [3.63, 3.8) is 0 Å². The molecule has 1 aliphatic rings. The third kappa shape index (κ3) is 2.60. The number of hydrogen-bond donors (Lipinski definition) is 0. The second-order valence-electron chi connectivity index (χ2n) is 3.94. The van der Waals surface area contributed by atoms with E-state index in [9.17, 15) is 4.79 Å². The standard InChI is InChI=1S/C13H14N2O/c1-11-6-7-14-12(10-11)4-2-8-15-9-3-5-13(15)16/h6-7,10H,3,5,8-9H2,1H3. The molecular formula is C13H14N2O. The number of aryl methyl sites for hydroxylation is 1. The minimum absolute atomic E-state index is 0.214. The Bertz CT molecular complexity index is 456. The molecule has 2 rings (SSSR count). The lowest BCUT2D eigenvalue weighted by Gasteiger charge is -2.09. The molecule has 0 N–H and O–H groups in total. The van der Waals surface area contributed by atoms with E-state index in [0.717, 1.165) is 24.2 Å². The number of pyridine rings is 1. The fraction of sp³-hybridized carbons (Fsp3) is 0.385. The van der Waals surface area contributed by atoms with Crippen LogP contribution in [0.15, 0.2) is 18.3 Å². The Morgan fingerprint density at radius 2 is 2.44 bits per heavy atom. The molecular weight excluding hydrogens is 200 g/mol. The predicted octanol–water partition coefficient (Wildman–Crippen LogP) is 1.36. The Labute approximate surface area is 95.5 Å². The summed E-state index contributed by atoms with van der Waals surface area (Å²) in [6.07, 6.45) is 3.38. The largest absolute Gasteiger partial charge is 0.332 e. The molecule has 1 aromatic rings. The average Bonchev–Trinajstić information content (AvgIpc) is 2.65. The van der Waals surface area contributed by atoms with Gasteiger partial charge in [-0.2, -0.15) is 0 Å². The molecule has 0 saturated carbocycles. The summed E-state index contributed by atoms with van der Waals surface area (Å²) in [7, 11) is 0. The van der Waals surface area contributed by atoms with Gasteiger partial charge in [-0.05, 0) is 37.0 Å². The molecule has 0 radical (unpaired) electrons. The van der Waals surface area contributed by atoms with E-state index in [-0.39, 0.29) is 5.91 Å². The first-order valence-electron chi connectivity index (χ1n) is 5.45. The van der Waals surface area contributed by atoms with Crippen molar-refractivity contribution in [1.29, 1.82) is 0 Å². The number of carbonyl (C=O) groups excluding carboxylic acids is 1. The van der Waals surface area contributed by atoms with Crippen LogP contribution in [0.3, 0.4) is 0 Å². The Kier molecular flexibility index (Phi) is 3.21. The molecule has 0 aliphatic carbocycles. The van der Waals surface area contributed by atoms with Crippen molar-refractivity contribution in [2.24, 2.45) is 0 Å². The van der Waals surface area contributed by atoms with Crippen molar-refractivity contribution in [3.8, 4) is 11.8 Å². The molecule has 0 unspecified atom stereocenters. The average molecular weight is 214 g/mol. The molecule has 1 amide bonds. The number of carbonyl (C=O) groups is 1. The van der Waals surface area contributed by atoms with E-state index in [0.29, 0.717) is 13.0 Å². The molecule has 0 spiro atoms. The Morgan fingerprint density at radius 1 is 1.56 bits per heavy atom. The Balaban J connectivity index is 1.97. The van der Waals surface area contributed by atoms with E-state index in [2.05, 4.69) is 16.8 Å². The van der Waals surface area contributed by atoms with Crippen molar-refractivity contribution >= 4 is 5.91 Å². The molecule has 16 heavy (non-hydrogen) atoms. The maximum absolute atomic E-state index is 11.3. The van der Waals surface area contributed by atoms with Gasteiger partial charge in [0.1, 0.15) is 5.69 Å². The van der Waals surface area contributed by atoms with Gasteiger partial charge in [0.2, 0.25) is 5.91 Å². The van der Waals surface area contributed by atoms with E-state index in [4.69, 9.17) is 0 Å². The van der Waals surface area contributed by atoms with E-state index in [1.165, 1.54) is 0 Å². The molecule has 1 aliphatic heterocycles. The van der Waals surface area contributed by atoms with Crippen molar-refractivity contribution in [3.05, 3.63) is 29.6 Å². The number of hydrogen-bond acceptors (Lipinski definition) is 2. The fourth-order valence-electron chi connectivity index (χ4n) is 1.70. The van der Waals surface area contributed by atoms with Gasteiger partial charge >= 0.3 is 0 Å². The van der Waals surface area contributed by atoms with Gasteiger partial charge in [0.05, 0.1) is 6.54 Å². The predicted molar refractivity (Wildman–Crippen MR) is 61.7 cm³/mol. The highest BCUT2D eigenvalue weighted by molar-refractivity contribution is 5.78. The highest BCUT2D eigenvalue weighted by Crippen LogP contribution is 2.08. The van der Waals surface area contributed by atoms with Gasteiger partial charge in [0.25, 0.3) is 0 Å². The van der Waals surface area contributed by atoms with Crippen LogP contribution in [-0.2, 0) is 4.79 Å². The van der Waals surface area contributed by atoms with Gasteiger partial charge in [0, 0.05) is 19.2 Å². The maximum atomic E-state index is 11.3. The lowest BCUT2D eigenvalue weighted by molar-refractivity contribution is -0.127. The highest BCUT2D eigenvalue weighted by atomic mass is 16.2. The Hall–Kier alpha value is -1.82. The van der Waals surface area contributed by atoms with Crippen LogP contribution in [0, 0.1) is 18.8 Å². The number of amides is 1. The summed E-state index contributed by atoms with van der Waals surface area (Å²) in [4.78, 5) is 17.3. The first-order valence-corrected chi connectivity index (χ1v) is 5.45. The van der Waals surface area contributed by atoms with Crippen LogP contribution >= 0.6 is 0 Å². The van der Waals surface area contributed by atoms with Gasteiger partial charge in [-0.1, -0.05) is 5.92 Å². The van der Waals surface area contributed by atoms with E-state index in [1.807, 2.05) is 19.1 Å². The number of aromatic nitrogens is 1. The molecule has 0 atom stereocenters. The quantitative estimate of drug-likeness (QED) is 0.661. The van der Waals surface area contributed by atoms with Crippen molar-refractivity contribution < 1.29 is 4.79 Å². The topological polar surface area (TPSA) is 33.2 Å². The first-order chi connectivity index (χ1) is 7.75. The van der Waals surface area contributed by atoms with Gasteiger partial charge in [-0.15, -0.1) is 0 Å². The van der Waals surface area contributed by atoms with Crippen LogP contribution in [0.2, 0.25) is 0 Å². The second-order valence-corrected chi connectivity index (χ2v) is 3.94. The maximum Gasteiger partial charge on any atom is 0.223 e. The minimum atomic E-state index is 0.214. The van der Waals surface area contributed by atoms with Gasteiger partial charge in [-0.3, -0.25) is 4.79 Å². The number of likely N-dealkylation sites (tertiary alicyclic amines) is 1. The third-order valence-corrected chi connectivity index (χ3v) is 2.57. The summed E-state index contributed by atoms with van der Waals surface area (Å²) in [5.74, 6) is 6.19. The number of rotatable bonds is 1. The summed E-state index contributed by atoms with van der Waals surface area (Å²) in [6, 6.07) is 3.88. The zero-order valence-electron chi connectivity index (χ0n) is 9.36. The van der Waals surface area contributed by atoms with Crippen LogP contribution in [0.25, 0.3) is 0 Å². The summed E-state index contributed by atoms with van der Waals surface area (Å²) in [5.41, 5.74) is 1.92. The monoisotopic (exact) mass is 214 g/mol. The van der Waals surface area contributed by atoms with Gasteiger partial charge < -0.3 is 4.90 Å². The summed E-state index contributed by atoms with van der Waals surface area (Å²) >= 11 is 0. The van der Waals surface area contributed by atoms with Crippen molar-refractivity contribution in [2.75, 3.05) is 13.1 Å². The molecule has 3 nitrogen and oxygen atoms in total. The Morgan fingerprint density at radius 3 is 3.12 bits per heavy atom. The van der Waals surface area contributed by atoms with Crippen LogP contribution in [-0.4, -0.2) is 28.9 Å². The van der Waals surface area contributed by atoms with Crippen LogP contribution in [0.4, 0.5) is 0 Å². The van der Waals surface area contributed by atoms with Gasteiger partial charge in [-0.25, -0.2) is 4.98 Å². The van der Waals surface area contributed by atoms with E-state index >= 15 is 0 Å². The smallest absolute Gasteiger partial charge is 0.223 e. The first kappa shape index (κ1) is 10.7. The fourth-order valence-corrected chi connectivity index (χ4v) is 1.70. The summed E-state index contributed by atoms with van der Waals surface area (Å²) in [5, 5.41) is 0. The normalized spacial score (nSPS) is 14.8. The molecule has 0 aromatic carbocycles. The van der Waals surface area contributed by atoms with Crippen LogP contribution < -0.4 is 0 Å². The molecule has 2 heterocycles. The van der Waals surface area contributed by atoms with E-state index < -0.39 is 0 Å². The van der Waals surface area contributed by atoms with Crippen molar-refractivity contribution in [2.45, 2.75) is 19.8 Å². The summed E-state index contributed by atoms with van der Waals surface area (Å²) in [6.45, 7) is 3.38. The highest BCUT2D eigenvalue weighted by Gasteiger charge is 2.18. The zero-order valence-corrected chi connectivity index (χ0v) is 9.36. The zero-order chi connectivity index (χ0) is 11.4. The van der Waals surface area contributed by atoms with Gasteiger partial charge in [0.15, 0.2) is 0 Å². The second kappa shape index (κ2) is 4.80. The molecule has 82 valence electrons. The molecule has 1 fully saturated rings. The lowest BCUT2D eigenvalue weighted by atomic mass is 10.2.